The van der Waals surface area contributed by atoms with Crippen LogP contribution in [0.25, 0.3) is 11.4 Å². The molecule has 1 amide bonds. The number of amides is 1. The average Bonchev–Trinajstić information content (AvgIpc) is 3.03. The number of aryl methyl sites for hydroxylation is 1. The lowest BCUT2D eigenvalue weighted by Gasteiger charge is -2.05. The molecule has 0 saturated heterocycles. The van der Waals surface area contributed by atoms with Crippen LogP contribution in [0.4, 0.5) is 8.78 Å². The predicted octanol–water partition coefficient (Wildman–Crippen LogP) is 2.36. The van der Waals surface area contributed by atoms with E-state index in [1.165, 1.54) is 41.9 Å². The lowest BCUT2D eigenvalue weighted by Crippen LogP contribution is -2.30. The Kier molecular flexibility index (Phi) is 4.94. The van der Waals surface area contributed by atoms with Crippen molar-refractivity contribution in [1.29, 1.82) is 5.26 Å². The maximum atomic E-state index is 14.0. The molecule has 142 valence electrons. The molecule has 1 heterocycles. The van der Waals surface area contributed by atoms with Crippen LogP contribution < -0.4 is 4.72 Å². The third kappa shape index (κ3) is 3.60. The van der Waals surface area contributed by atoms with Gasteiger partial charge >= 0.3 is 0 Å². The third-order valence-corrected chi connectivity index (χ3v) is 5.16. The van der Waals surface area contributed by atoms with Crippen LogP contribution in [0.5, 0.6) is 0 Å². The second-order valence-electron chi connectivity index (χ2n) is 5.73. The van der Waals surface area contributed by atoms with Crippen LogP contribution in [0.15, 0.2) is 53.6 Å². The molecule has 7 nitrogen and oxygen atoms in total. The summed E-state index contributed by atoms with van der Waals surface area (Å²) in [5.41, 5.74) is -0.511. The highest BCUT2D eigenvalue weighted by molar-refractivity contribution is 7.90. The number of nitriles is 1. The summed E-state index contributed by atoms with van der Waals surface area (Å²) in [6.45, 7) is 0. The molecule has 0 atom stereocenters. The molecular weight excluding hydrogens is 390 g/mol. The maximum Gasteiger partial charge on any atom is 0.285 e. The molecule has 0 radical (unpaired) electrons. The van der Waals surface area contributed by atoms with E-state index >= 15 is 0 Å². The largest absolute Gasteiger partial charge is 0.333 e. The van der Waals surface area contributed by atoms with Crippen LogP contribution in [-0.2, 0) is 17.1 Å². The molecule has 10 heteroatoms. The number of sulfonamides is 1. The van der Waals surface area contributed by atoms with Gasteiger partial charge in [0, 0.05) is 13.2 Å². The summed E-state index contributed by atoms with van der Waals surface area (Å²) in [6.07, 6.45) is 1.16. The molecular formula is C18H12F2N4O3S. The first-order valence-corrected chi connectivity index (χ1v) is 9.26. The van der Waals surface area contributed by atoms with Gasteiger partial charge < -0.3 is 4.57 Å². The quantitative estimate of drug-likeness (QED) is 0.721. The van der Waals surface area contributed by atoms with E-state index in [0.29, 0.717) is 0 Å². The van der Waals surface area contributed by atoms with E-state index in [4.69, 9.17) is 5.26 Å². The molecule has 0 fully saturated rings. The summed E-state index contributed by atoms with van der Waals surface area (Å²) < 4.78 is 55.6. The Morgan fingerprint density at radius 1 is 1.14 bits per heavy atom. The first-order chi connectivity index (χ1) is 13.2. The molecule has 2 aromatic carbocycles. The fourth-order valence-corrected chi connectivity index (χ4v) is 3.42. The molecule has 0 bridgehead atoms. The summed E-state index contributed by atoms with van der Waals surface area (Å²) in [6, 6.07) is 10.1. The summed E-state index contributed by atoms with van der Waals surface area (Å²) in [5.74, 6) is -2.98. The Labute approximate surface area is 158 Å². The van der Waals surface area contributed by atoms with Gasteiger partial charge in [0.25, 0.3) is 15.9 Å². The minimum atomic E-state index is -4.22. The fraction of sp³-hybridized carbons (Fsp3) is 0.0556. The number of carbonyl (C=O) groups is 1. The molecule has 3 aromatic rings. The van der Waals surface area contributed by atoms with Gasteiger partial charge in [-0.15, -0.1) is 0 Å². The van der Waals surface area contributed by atoms with Crippen LogP contribution in [0.3, 0.4) is 0 Å². The number of benzene rings is 2. The van der Waals surface area contributed by atoms with Crippen molar-refractivity contribution in [3.63, 3.8) is 0 Å². The SMILES string of the molecule is Cn1cc(C(=O)NS(=O)(=O)c2ccc(C#N)cc2)nc1-c1c(F)cccc1F. The van der Waals surface area contributed by atoms with Crippen LogP contribution in [-0.4, -0.2) is 23.9 Å². The molecule has 0 aliphatic carbocycles. The second kappa shape index (κ2) is 7.21. The van der Waals surface area contributed by atoms with Crippen molar-refractivity contribution < 1.29 is 22.0 Å². The standard InChI is InChI=1S/C18H12F2N4O3S/c1-24-10-15(22-17(24)16-13(19)3-2-4-14(16)20)18(25)23-28(26,27)12-7-5-11(9-21)6-8-12/h2-8,10H,1H3,(H,23,25). The number of aromatic nitrogens is 2. The topological polar surface area (TPSA) is 105 Å². The van der Waals surface area contributed by atoms with Crippen molar-refractivity contribution in [2.45, 2.75) is 4.90 Å². The highest BCUT2D eigenvalue weighted by atomic mass is 32.2. The van der Waals surface area contributed by atoms with Gasteiger partial charge in [-0.25, -0.2) is 26.9 Å². The van der Waals surface area contributed by atoms with Crippen LogP contribution in [0.1, 0.15) is 16.1 Å². The normalized spacial score (nSPS) is 11.1. The number of imidazole rings is 1. The molecule has 3 rings (SSSR count). The molecule has 28 heavy (non-hydrogen) atoms. The third-order valence-electron chi connectivity index (χ3n) is 3.82. The van der Waals surface area contributed by atoms with E-state index in [0.717, 1.165) is 18.3 Å². The zero-order valence-corrected chi connectivity index (χ0v) is 15.2. The smallest absolute Gasteiger partial charge is 0.285 e. The molecule has 0 unspecified atom stereocenters. The van der Waals surface area contributed by atoms with E-state index in [2.05, 4.69) is 4.98 Å². The van der Waals surface area contributed by atoms with Crippen molar-refractivity contribution >= 4 is 15.9 Å². The maximum absolute atomic E-state index is 14.0. The number of hydrogen-bond acceptors (Lipinski definition) is 5. The summed E-state index contributed by atoms with van der Waals surface area (Å²) >= 11 is 0. The van der Waals surface area contributed by atoms with Crippen LogP contribution >= 0.6 is 0 Å². The van der Waals surface area contributed by atoms with Gasteiger partial charge in [0.15, 0.2) is 0 Å². The first-order valence-electron chi connectivity index (χ1n) is 7.78. The number of nitrogens with zero attached hydrogens (tertiary/aromatic N) is 3. The number of nitrogens with one attached hydrogen (secondary N) is 1. The first kappa shape index (κ1) is 19.2. The summed E-state index contributed by atoms with van der Waals surface area (Å²) in [7, 11) is -2.81. The van der Waals surface area contributed by atoms with Crippen LogP contribution in [0.2, 0.25) is 0 Å². The van der Waals surface area contributed by atoms with Crippen molar-refractivity contribution in [2.24, 2.45) is 7.05 Å². The lowest BCUT2D eigenvalue weighted by molar-refractivity contribution is 0.0977. The predicted molar refractivity (Wildman–Crippen MR) is 94.4 cm³/mol. The van der Waals surface area contributed by atoms with E-state index in [9.17, 15) is 22.0 Å². The van der Waals surface area contributed by atoms with Gasteiger partial charge in [0.1, 0.15) is 23.2 Å². The van der Waals surface area contributed by atoms with E-state index < -0.39 is 33.1 Å². The van der Waals surface area contributed by atoms with Crippen LogP contribution in [0, 0.1) is 23.0 Å². The Morgan fingerprint density at radius 3 is 2.32 bits per heavy atom. The van der Waals surface area contributed by atoms with Gasteiger partial charge in [-0.3, -0.25) is 4.79 Å². The molecule has 0 saturated carbocycles. The van der Waals surface area contributed by atoms with Gasteiger partial charge in [-0.05, 0) is 36.4 Å². The van der Waals surface area contributed by atoms with Crippen molar-refractivity contribution in [3.05, 3.63) is 71.6 Å². The molecule has 0 aliphatic rings. The van der Waals surface area contributed by atoms with Crippen molar-refractivity contribution in [2.75, 3.05) is 0 Å². The zero-order chi connectivity index (χ0) is 20.5. The molecule has 0 aliphatic heterocycles. The van der Waals surface area contributed by atoms with Gasteiger partial charge in [0.2, 0.25) is 0 Å². The number of hydrogen-bond donors (Lipinski definition) is 1. The average molecular weight is 402 g/mol. The lowest BCUT2D eigenvalue weighted by atomic mass is 10.2. The number of halogens is 2. The van der Waals surface area contributed by atoms with E-state index in [-0.39, 0.29) is 22.0 Å². The highest BCUT2D eigenvalue weighted by Crippen LogP contribution is 2.25. The number of rotatable bonds is 4. The molecule has 1 N–H and O–H groups in total. The Morgan fingerprint density at radius 2 is 1.75 bits per heavy atom. The molecule has 1 aromatic heterocycles. The number of carbonyl (C=O) groups excluding carboxylic acids is 1. The van der Waals surface area contributed by atoms with Crippen molar-refractivity contribution in [1.82, 2.24) is 14.3 Å². The monoisotopic (exact) mass is 402 g/mol. The Bertz CT molecular complexity index is 1190. The van der Waals surface area contributed by atoms with Gasteiger partial charge in [-0.2, -0.15) is 5.26 Å². The van der Waals surface area contributed by atoms with E-state index in [1.54, 1.807) is 0 Å². The minimum Gasteiger partial charge on any atom is -0.333 e. The molecule has 0 spiro atoms. The minimum absolute atomic E-state index is 0.170. The van der Waals surface area contributed by atoms with Gasteiger partial charge in [-0.1, -0.05) is 6.07 Å². The zero-order valence-electron chi connectivity index (χ0n) is 14.3. The summed E-state index contributed by atoms with van der Waals surface area (Å²) in [4.78, 5) is 16.0. The second-order valence-corrected chi connectivity index (χ2v) is 7.41. The summed E-state index contributed by atoms with van der Waals surface area (Å²) in [5, 5.41) is 8.75. The van der Waals surface area contributed by atoms with E-state index in [1.807, 2.05) is 10.8 Å². The Hall–Kier alpha value is -3.58. The fourth-order valence-electron chi connectivity index (χ4n) is 2.46. The van der Waals surface area contributed by atoms with Gasteiger partial charge in [0.05, 0.1) is 22.1 Å². The highest BCUT2D eigenvalue weighted by Gasteiger charge is 2.23. The van der Waals surface area contributed by atoms with Crippen molar-refractivity contribution in [3.8, 4) is 17.5 Å². The Balaban J connectivity index is 1.90.